The number of aromatic nitrogens is 3. The fourth-order valence-corrected chi connectivity index (χ4v) is 4.17. The van der Waals surface area contributed by atoms with Gasteiger partial charge in [0.1, 0.15) is 16.4 Å². The zero-order chi connectivity index (χ0) is 14.6. The van der Waals surface area contributed by atoms with Crippen LogP contribution < -0.4 is 4.90 Å². The number of hydrogen-bond donors (Lipinski definition) is 0. The third kappa shape index (κ3) is 2.26. The Morgan fingerprint density at radius 2 is 2.05 bits per heavy atom. The van der Waals surface area contributed by atoms with Gasteiger partial charge in [-0.2, -0.15) is 5.10 Å². The standard InChI is InChI=1S/C16H21BrN4/c1-10-5-6-20(11(2)7-10)16-15-13(12-3-4-12)8-14(17)21(15)19-9-18-16/h8-12H,3-7H2,1-2H3/t10-,11+/m0/s1. The molecule has 2 aromatic rings. The Hall–Kier alpha value is -1.10. The predicted octanol–water partition coefficient (Wildman–Crippen LogP) is 3.99. The van der Waals surface area contributed by atoms with Gasteiger partial charge in [0.15, 0.2) is 5.82 Å². The van der Waals surface area contributed by atoms with Gasteiger partial charge in [0.2, 0.25) is 0 Å². The van der Waals surface area contributed by atoms with Gasteiger partial charge in [0, 0.05) is 12.6 Å². The average Bonchev–Trinajstić information content (AvgIpc) is 3.24. The highest BCUT2D eigenvalue weighted by Crippen LogP contribution is 2.45. The molecule has 0 aromatic carbocycles. The summed E-state index contributed by atoms with van der Waals surface area (Å²) in [4.78, 5) is 7.14. The molecule has 4 rings (SSSR count). The van der Waals surface area contributed by atoms with Gasteiger partial charge in [0.25, 0.3) is 0 Å². The van der Waals surface area contributed by atoms with Crippen LogP contribution in [0.2, 0.25) is 0 Å². The number of anilines is 1. The molecule has 21 heavy (non-hydrogen) atoms. The lowest BCUT2D eigenvalue weighted by Crippen LogP contribution is -2.41. The smallest absolute Gasteiger partial charge is 0.157 e. The van der Waals surface area contributed by atoms with E-state index in [9.17, 15) is 0 Å². The maximum Gasteiger partial charge on any atom is 0.157 e. The van der Waals surface area contributed by atoms with Crippen LogP contribution in [0.4, 0.5) is 5.82 Å². The van der Waals surface area contributed by atoms with E-state index in [-0.39, 0.29) is 0 Å². The summed E-state index contributed by atoms with van der Waals surface area (Å²) in [5.74, 6) is 2.64. The van der Waals surface area contributed by atoms with Gasteiger partial charge in [-0.25, -0.2) is 9.50 Å². The molecule has 3 heterocycles. The third-order valence-corrected chi connectivity index (χ3v) is 5.51. The summed E-state index contributed by atoms with van der Waals surface area (Å²) in [5, 5.41) is 4.44. The molecular formula is C16H21BrN4. The normalized spacial score (nSPS) is 26.5. The largest absolute Gasteiger partial charge is 0.352 e. The topological polar surface area (TPSA) is 33.4 Å². The van der Waals surface area contributed by atoms with E-state index >= 15 is 0 Å². The Morgan fingerprint density at radius 3 is 2.76 bits per heavy atom. The van der Waals surface area contributed by atoms with E-state index < -0.39 is 0 Å². The van der Waals surface area contributed by atoms with Gasteiger partial charge < -0.3 is 4.90 Å². The highest BCUT2D eigenvalue weighted by atomic mass is 79.9. The van der Waals surface area contributed by atoms with Gasteiger partial charge >= 0.3 is 0 Å². The van der Waals surface area contributed by atoms with E-state index in [1.807, 2.05) is 4.52 Å². The van der Waals surface area contributed by atoms with Gasteiger partial charge in [-0.1, -0.05) is 6.92 Å². The molecule has 1 saturated heterocycles. The Kier molecular flexibility index (Phi) is 3.21. The Labute approximate surface area is 133 Å². The van der Waals surface area contributed by atoms with Crippen molar-refractivity contribution in [1.82, 2.24) is 14.6 Å². The highest BCUT2D eigenvalue weighted by Gasteiger charge is 2.32. The van der Waals surface area contributed by atoms with Crippen molar-refractivity contribution in [2.75, 3.05) is 11.4 Å². The van der Waals surface area contributed by atoms with Crippen molar-refractivity contribution in [2.24, 2.45) is 5.92 Å². The van der Waals surface area contributed by atoms with Crippen LogP contribution in [0.15, 0.2) is 17.0 Å². The molecule has 5 heteroatoms. The molecule has 1 saturated carbocycles. The average molecular weight is 349 g/mol. The van der Waals surface area contributed by atoms with E-state index in [0.717, 1.165) is 22.9 Å². The van der Waals surface area contributed by atoms with Gasteiger partial charge in [-0.3, -0.25) is 0 Å². The lowest BCUT2D eigenvalue weighted by Gasteiger charge is -2.37. The molecule has 0 unspecified atom stereocenters. The molecule has 2 aromatic heterocycles. The van der Waals surface area contributed by atoms with E-state index in [4.69, 9.17) is 0 Å². The lowest BCUT2D eigenvalue weighted by molar-refractivity contribution is 0.376. The molecule has 2 aliphatic rings. The minimum absolute atomic E-state index is 0.549. The molecule has 2 atom stereocenters. The number of nitrogens with zero attached hydrogens (tertiary/aromatic N) is 4. The Bertz CT molecular complexity index is 676. The maximum absolute atomic E-state index is 4.66. The molecule has 0 spiro atoms. The fourth-order valence-electron chi connectivity index (χ4n) is 3.65. The van der Waals surface area contributed by atoms with Crippen LogP contribution in [-0.2, 0) is 0 Å². The second-order valence-corrected chi connectivity index (χ2v) is 7.53. The minimum Gasteiger partial charge on any atom is -0.352 e. The highest BCUT2D eigenvalue weighted by molar-refractivity contribution is 9.10. The number of fused-ring (bicyclic) bond motifs is 1. The molecule has 112 valence electrons. The summed E-state index contributed by atoms with van der Waals surface area (Å²) in [6, 6.07) is 2.79. The Morgan fingerprint density at radius 1 is 1.24 bits per heavy atom. The van der Waals surface area contributed by atoms with Crippen LogP contribution >= 0.6 is 15.9 Å². The second kappa shape index (κ2) is 4.97. The maximum atomic E-state index is 4.66. The zero-order valence-electron chi connectivity index (χ0n) is 12.6. The summed E-state index contributed by atoms with van der Waals surface area (Å²) >= 11 is 3.65. The third-order valence-electron chi connectivity index (χ3n) is 4.95. The lowest BCUT2D eigenvalue weighted by atomic mass is 9.93. The van der Waals surface area contributed by atoms with Crippen LogP contribution in [0.3, 0.4) is 0 Å². The Balaban J connectivity index is 1.84. The van der Waals surface area contributed by atoms with Crippen molar-refractivity contribution in [1.29, 1.82) is 0 Å². The first-order chi connectivity index (χ1) is 10.1. The molecule has 2 fully saturated rings. The number of piperidine rings is 1. The van der Waals surface area contributed by atoms with E-state index in [0.29, 0.717) is 12.0 Å². The SMILES string of the molecule is C[C@H]1CCN(c2ncnn3c(Br)cc(C4CC4)c23)[C@H](C)C1. The fraction of sp³-hybridized carbons (Fsp3) is 0.625. The van der Waals surface area contributed by atoms with Crippen molar-refractivity contribution in [2.45, 2.75) is 51.5 Å². The monoisotopic (exact) mass is 348 g/mol. The van der Waals surface area contributed by atoms with Crippen LogP contribution in [0.1, 0.15) is 51.0 Å². The van der Waals surface area contributed by atoms with E-state index in [1.54, 1.807) is 6.33 Å². The van der Waals surface area contributed by atoms with Crippen LogP contribution in [-0.4, -0.2) is 27.2 Å². The van der Waals surface area contributed by atoms with Crippen LogP contribution in [0.25, 0.3) is 5.52 Å². The van der Waals surface area contributed by atoms with Crippen molar-refractivity contribution < 1.29 is 0 Å². The molecule has 0 radical (unpaired) electrons. The molecule has 0 bridgehead atoms. The molecule has 1 aliphatic carbocycles. The molecule has 0 amide bonds. The predicted molar refractivity (Wildman–Crippen MR) is 87.9 cm³/mol. The molecule has 4 nitrogen and oxygen atoms in total. The number of halogens is 1. The van der Waals surface area contributed by atoms with Crippen LogP contribution in [0.5, 0.6) is 0 Å². The summed E-state index contributed by atoms with van der Waals surface area (Å²) in [6.07, 6.45) is 6.78. The minimum atomic E-state index is 0.549. The summed E-state index contributed by atoms with van der Waals surface area (Å²) in [5.41, 5.74) is 2.64. The first-order valence-electron chi connectivity index (χ1n) is 7.94. The number of rotatable bonds is 2. The van der Waals surface area contributed by atoms with Gasteiger partial charge in [-0.15, -0.1) is 0 Å². The van der Waals surface area contributed by atoms with Gasteiger partial charge in [-0.05, 0) is 72.0 Å². The van der Waals surface area contributed by atoms with Crippen molar-refractivity contribution >= 4 is 27.3 Å². The second-order valence-electron chi connectivity index (χ2n) is 6.71. The van der Waals surface area contributed by atoms with E-state index in [1.165, 1.54) is 36.8 Å². The van der Waals surface area contributed by atoms with E-state index in [2.05, 4.69) is 50.8 Å². The quantitative estimate of drug-likeness (QED) is 0.822. The molecule has 1 aliphatic heterocycles. The first-order valence-corrected chi connectivity index (χ1v) is 8.73. The summed E-state index contributed by atoms with van der Waals surface area (Å²) in [7, 11) is 0. The summed E-state index contributed by atoms with van der Waals surface area (Å²) in [6.45, 7) is 5.78. The van der Waals surface area contributed by atoms with Crippen molar-refractivity contribution in [3.05, 3.63) is 22.6 Å². The van der Waals surface area contributed by atoms with Gasteiger partial charge in [0.05, 0.1) is 0 Å². The van der Waals surface area contributed by atoms with Crippen molar-refractivity contribution in [3.8, 4) is 0 Å². The van der Waals surface area contributed by atoms with Crippen LogP contribution in [0, 0.1) is 5.92 Å². The molecule has 0 N–H and O–H groups in total. The number of hydrogen-bond acceptors (Lipinski definition) is 3. The first kappa shape index (κ1) is 13.6. The summed E-state index contributed by atoms with van der Waals surface area (Å²) < 4.78 is 3.06. The zero-order valence-corrected chi connectivity index (χ0v) is 14.2. The molecular weight excluding hydrogens is 328 g/mol. The van der Waals surface area contributed by atoms with Crippen molar-refractivity contribution in [3.63, 3.8) is 0 Å².